The van der Waals surface area contributed by atoms with Crippen LogP contribution in [0.4, 0.5) is 0 Å². The van der Waals surface area contributed by atoms with E-state index in [2.05, 4.69) is 26.3 Å². The summed E-state index contributed by atoms with van der Waals surface area (Å²) in [6, 6.07) is 9.92. The lowest BCUT2D eigenvalue weighted by Gasteiger charge is -2.35. The molecule has 0 radical (unpaired) electrons. The first-order valence-corrected chi connectivity index (χ1v) is 8.44. The van der Waals surface area contributed by atoms with Gasteiger partial charge in [-0.2, -0.15) is 0 Å². The first-order valence-electron chi connectivity index (χ1n) is 8.44. The van der Waals surface area contributed by atoms with Crippen molar-refractivity contribution in [1.82, 2.24) is 19.4 Å². The molecule has 1 aliphatic heterocycles. The fourth-order valence-corrected chi connectivity index (χ4v) is 3.13. The van der Waals surface area contributed by atoms with E-state index in [0.717, 1.165) is 50.7 Å². The maximum atomic E-state index is 10.3. The molecule has 23 heavy (non-hydrogen) atoms. The second-order valence-corrected chi connectivity index (χ2v) is 6.13. The highest BCUT2D eigenvalue weighted by molar-refractivity contribution is 5.17. The lowest BCUT2D eigenvalue weighted by Crippen LogP contribution is -2.47. The van der Waals surface area contributed by atoms with E-state index in [0.29, 0.717) is 6.54 Å². The molecular weight excluding hydrogens is 288 g/mol. The SMILES string of the molecule is CCn1ccnc1CN1CCN(C[C@H](O)c2ccccc2)CC1. The predicted molar refractivity (Wildman–Crippen MR) is 91.0 cm³/mol. The molecule has 0 unspecified atom stereocenters. The van der Waals surface area contributed by atoms with Gasteiger partial charge in [-0.15, -0.1) is 0 Å². The standard InChI is InChI=1S/C18H26N4O/c1-2-22-9-8-19-18(22)15-21-12-10-20(11-13-21)14-17(23)16-6-4-3-5-7-16/h3-9,17,23H,2,10-15H2,1H3/t17-/m0/s1. The quantitative estimate of drug-likeness (QED) is 0.882. The fourth-order valence-electron chi connectivity index (χ4n) is 3.13. The van der Waals surface area contributed by atoms with Gasteiger partial charge in [-0.05, 0) is 12.5 Å². The number of imidazole rings is 1. The van der Waals surface area contributed by atoms with E-state index in [9.17, 15) is 5.11 Å². The van der Waals surface area contributed by atoms with Crippen LogP contribution in [0.5, 0.6) is 0 Å². The van der Waals surface area contributed by atoms with Gasteiger partial charge in [0.1, 0.15) is 5.82 Å². The molecular formula is C18H26N4O. The Labute approximate surface area is 138 Å². The zero-order valence-electron chi connectivity index (χ0n) is 13.8. The Balaban J connectivity index is 1.47. The number of β-amino-alcohol motifs (C(OH)–C–C–N with tert-alkyl or cyclic N) is 1. The van der Waals surface area contributed by atoms with E-state index in [1.54, 1.807) is 0 Å². The third-order valence-electron chi connectivity index (χ3n) is 4.59. The highest BCUT2D eigenvalue weighted by atomic mass is 16.3. The molecule has 2 heterocycles. The lowest BCUT2D eigenvalue weighted by molar-refractivity contribution is 0.0689. The monoisotopic (exact) mass is 314 g/mol. The minimum atomic E-state index is -0.401. The molecule has 1 N–H and O–H groups in total. The van der Waals surface area contributed by atoms with Crippen LogP contribution in [0.15, 0.2) is 42.7 Å². The summed E-state index contributed by atoms with van der Waals surface area (Å²) in [6.45, 7) is 8.79. The van der Waals surface area contributed by atoms with Gasteiger partial charge < -0.3 is 9.67 Å². The molecule has 1 atom stereocenters. The molecule has 1 aliphatic rings. The summed E-state index contributed by atoms with van der Waals surface area (Å²) in [5.74, 6) is 1.14. The molecule has 1 aromatic carbocycles. The molecule has 5 heteroatoms. The van der Waals surface area contributed by atoms with E-state index in [-0.39, 0.29) is 0 Å². The second kappa shape index (κ2) is 7.73. The van der Waals surface area contributed by atoms with Gasteiger partial charge in [0, 0.05) is 51.7 Å². The number of aliphatic hydroxyl groups is 1. The number of hydrogen-bond donors (Lipinski definition) is 1. The van der Waals surface area contributed by atoms with Crippen LogP contribution in [0.2, 0.25) is 0 Å². The highest BCUT2D eigenvalue weighted by Gasteiger charge is 2.20. The van der Waals surface area contributed by atoms with Gasteiger partial charge in [0.2, 0.25) is 0 Å². The third-order valence-corrected chi connectivity index (χ3v) is 4.59. The van der Waals surface area contributed by atoms with Crippen molar-refractivity contribution < 1.29 is 5.11 Å². The topological polar surface area (TPSA) is 44.5 Å². The van der Waals surface area contributed by atoms with Gasteiger partial charge in [-0.1, -0.05) is 30.3 Å². The predicted octanol–water partition coefficient (Wildman–Crippen LogP) is 1.75. The average Bonchev–Trinajstić information content (AvgIpc) is 3.04. The summed E-state index contributed by atoms with van der Waals surface area (Å²) in [4.78, 5) is 9.25. The van der Waals surface area contributed by atoms with E-state index < -0.39 is 6.10 Å². The summed E-state index contributed by atoms with van der Waals surface area (Å²) < 4.78 is 2.20. The largest absolute Gasteiger partial charge is 0.387 e. The number of aryl methyl sites for hydroxylation is 1. The number of benzene rings is 1. The zero-order chi connectivity index (χ0) is 16.1. The Morgan fingerprint density at radius 3 is 2.48 bits per heavy atom. The van der Waals surface area contributed by atoms with Crippen molar-refractivity contribution in [3.8, 4) is 0 Å². The Morgan fingerprint density at radius 2 is 1.78 bits per heavy atom. The van der Waals surface area contributed by atoms with Crippen molar-refractivity contribution in [1.29, 1.82) is 0 Å². The molecule has 0 aliphatic carbocycles. The summed E-state index contributed by atoms with van der Waals surface area (Å²) >= 11 is 0. The van der Waals surface area contributed by atoms with Gasteiger partial charge in [-0.3, -0.25) is 9.80 Å². The average molecular weight is 314 g/mol. The van der Waals surface area contributed by atoms with Crippen LogP contribution < -0.4 is 0 Å². The first-order chi connectivity index (χ1) is 11.3. The number of piperazine rings is 1. The summed E-state index contributed by atoms with van der Waals surface area (Å²) in [6.07, 6.45) is 3.52. The lowest BCUT2D eigenvalue weighted by atomic mass is 10.1. The minimum Gasteiger partial charge on any atom is -0.387 e. The van der Waals surface area contributed by atoms with E-state index in [1.807, 2.05) is 42.7 Å². The Kier molecular flexibility index (Phi) is 5.43. The molecule has 0 spiro atoms. The zero-order valence-corrected chi connectivity index (χ0v) is 13.8. The fraction of sp³-hybridized carbons (Fsp3) is 0.500. The maximum absolute atomic E-state index is 10.3. The van der Waals surface area contributed by atoms with Crippen LogP contribution in [0, 0.1) is 0 Å². The van der Waals surface area contributed by atoms with Gasteiger partial charge >= 0.3 is 0 Å². The summed E-state index contributed by atoms with van der Waals surface area (Å²) in [5, 5.41) is 10.3. The Morgan fingerprint density at radius 1 is 1.09 bits per heavy atom. The number of aliphatic hydroxyl groups excluding tert-OH is 1. The molecule has 0 amide bonds. The van der Waals surface area contributed by atoms with Gasteiger partial charge in [0.15, 0.2) is 0 Å². The highest BCUT2D eigenvalue weighted by Crippen LogP contribution is 2.15. The smallest absolute Gasteiger partial charge is 0.122 e. The van der Waals surface area contributed by atoms with Crippen LogP contribution in [-0.4, -0.2) is 57.2 Å². The molecule has 3 rings (SSSR count). The van der Waals surface area contributed by atoms with E-state index in [1.165, 1.54) is 0 Å². The molecule has 1 aromatic heterocycles. The second-order valence-electron chi connectivity index (χ2n) is 6.13. The number of hydrogen-bond acceptors (Lipinski definition) is 4. The molecule has 5 nitrogen and oxygen atoms in total. The van der Waals surface area contributed by atoms with Crippen molar-refractivity contribution in [2.24, 2.45) is 0 Å². The number of rotatable bonds is 6. The third kappa shape index (κ3) is 4.19. The van der Waals surface area contributed by atoms with Crippen molar-refractivity contribution in [3.63, 3.8) is 0 Å². The van der Waals surface area contributed by atoms with Crippen molar-refractivity contribution in [3.05, 3.63) is 54.1 Å². The number of nitrogens with zero attached hydrogens (tertiary/aromatic N) is 4. The van der Waals surface area contributed by atoms with Crippen LogP contribution >= 0.6 is 0 Å². The molecule has 1 fully saturated rings. The van der Waals surface area contributed by atoms with E-state index in [4.69, 9.17) is 0 Å². The summed E-state index contributed by atoms with van der Waals surface area (Å²) in [7, 11) is 0. The van der Waals surface area contributed by atoms with Gasteiger partial charge in [0.25, 0.3) is 0 Å². The molecule has 1 saturated heterocycles. The maximum Gasteiger partial charge on any atom is 0.122 e. The first kappa shape index (κ1) is 16.2. The Bertz CT molecular complexity index is 590. The number of aromatic nitrogens is 2. The van der Waals surface area contributed by atoms with Crippen LogP contribution in [0.25, 0.3) is 0 Å². The van der Waals surface area contributed by atoms with Crippen molar-refractivity contribution in [2.45, 2.75) is 26.1 Å². The van der Waals surface area contributed by atoms with Gasteiger partial charge in [0.05, 0.1) is 12.6 Å². The van der Waals surface area contributed by atoms with Crippen LogP contribution in [0.1, 0.15) is 24.4 Å². The van der Waals surface area contributed by atoms with Crippen molar-refractivity contribution in [2.75, 3.05) is 32.7 Å². The van der Waals surface area contributed by atoms with Gasteiger partial charge in [-0.25, -0.2) is 4.98 Å². The molecule has 0 bridgehead atoms. The molecule has 0 saturated carbocycles. The van der Waals surface area contributed by atoms with Crippen LogP contribution in [0.3, 0.4) is 0 Å². The minimum absolute atomic E-state index is 0.401. The molecule has 2 aromatic rings. The molecule has 124 valence electrons. The Hall–Kier alpha value is -1.69. The normalized spacial score (nSPS) is 18.2. The van der Waals surface area contributed by atoms with Crippen molar-refractivity contribution >= 4 is 0 Å². The summed E-state index contributed by atoms with van der Waals surface area (Å²) in [5.41, 5.74) is 1.000. The van der Waals surface area contributed by atoms with E-state index >= 15 is 0 Å². The van der Waals surface area contributed by atoms with Crippen LogP contribution in [-0.2, 0) is 13.1 Å².